The summed E-state index contributed by atoms with van der Waals surface area (Å²) in [5.74, 6) is -0.523. The van der Waals surface area contributed by atoms with E-state index in [9.17, 15) is 20.1 Å². The summed E-state index contributed by atoms with van der Waals surface area (Å²) in [7, 11) is 0. The third-order valence-electron chi connectivity index (χ3n) is 3.09. The molecule has 0 amide bonds. The molecular weight excluding hydrogens is 224 g/mol. The number of carbonyl (C=O) groups excluding carboxylic acids is 1. The quantitative estimate of drug-likeness (QED) is 0.551. The Morgan fingerprint density at radius 2 is 2.06 bits per heavy atom. The number of unbranched alkanes of at least 4 members (excludes halogenated alkanes) is 3. The van der Waals surface area contributed by atoms with Crippen LogP contribution in [0.15, 0.2) is 0 Å². The molecule has 0 aromatic rings. The van der Waals surface area contributed by atoms with E-state index in [1.165, 1.54) is 0 Å². The van der Waals surface area contributed by atoms with Gasteiger partial charge in [0.1, 0.15) is 24.4 Å². The van der Waals surface area contributed by atoms with Gasteiger partial charge in [-0.1, -0.05) is 32.6 Å². The van der Waals surface area contributed by atoms with Gasteiger partial charge in [-0.25, -0.2) is 0 Å². The molecule has 0 aromatic heterocycles. The molecule has 3 N–H and O–H groups in total. The van der Waals surface area contributed by atoms with Gasteiger partial charge in [0, 0.05) is 0 Å². The summed E-state index contributed by atoms with van der Waals surface area (Å²) in [6, 6.07) is 0. The Labute approximate surface area is 101 Å². The van der Waals surface area contributed by atoms with Crippen molar-refractivity contribution < 1.29 is 24.9 Å². The predicted octanol–water partition coefficient (Wildman–Crippen LogP) is 0.00740. The SMILES string of the molecule is CCCCCCC(O)C(=O)[C@H]1OC[C@H](O)[C@@H]1O. The van der Waals surface area contributed by atoms with Gasteiger partial charge in [-0.15, -0.1) is 0 Å². The van der Waals surface area contributed by atoms with Crippen molar-refractivity contribution in [2.24, 2.45) is 0 Å². The number of carbonyl (C=O) groups is 1. The molecule has 0 radical (unpaired) electrons. The molecule has 1 rings (SSSR count). The van der Waals surface area contributed by atoms with Crippen LogP contribution in [0.2, 0.25) is 0 Å². The highest BCUT2D eigenvalue weighted by molar-refractivity contribution is 5.88. The lowest BCUT2D eigenvalue weighted by molar-refractivity contribution is -0.140. The summed E-state index contributed by atoms with van der Waals surface area (Å²) in [6.45, 7) is 2.03. The number of hydrogen-bond donors (Lipinski definition) is 3. The lowest BCUT2D eigenvalue weighted by Gasteiger charge is -2.17. The van der Waals surface area contributed by atoms with Gasteiger partial charge in [0.2, 0.25) is 0 Å². The predicted molar refractivity (Wildman–Crippen MR) is 61.5 cm³/mol. The molecule has 4 atom stereocenters. The Hall–Kier alpha value is -0.490. The van der Waals surface area contributed by atoms with Crippen LogP contribution in [0, 0.1) is 0 Å². The zero-order valence-electron chi connectivity index (χ0n) is 10.2. The van der Waals surface area contributed by atoms with Gasteiger partial charge in [-0.2, -0.15) is 0 Å². The van der Waals surface area contributed by atoms with Crippen LogP contribution < -0.4 is 0 Å². The van der Waals surface area contributed by atoms with Gasteiger partial charge >= 0.3 is 0 Å². The second kappa shape index (κ2) is 7.06. The Bertz CT molecular complexity index is 243. The molecule has 1 saturated heterocycles. The minimum atomic E-state index is -1.22. The smallest absolute Gasteiger partial charge is 0.192 e. The fourth-order valence-corrected chi connectivity index (χ4v) is 1.95. The highest BCUT2D eigenvalue weighted by Gasteiger charge is 2.41. The van der Waals surface area contributed by atoms with E-state index in [1.807, 2.05) is 0 Å². The van der Waals surface area contributed by atoms with Gasteiger partial charge in [-0.3, -0.25) is 4.79 Å². The molecule has 1 aliphatic rings. The summed E-state index contributed by atoms with van der Waals surface area (Å²) in [5.41, 5.74) is 0. The molecule has 0 saturated carbocycles. The average molecular weight is 246 g/mol. The monoisotopic (exact) mass is 246 g/mol. The van der Waals surface area contributed by atoms with Crippen LogP contribution in [0.4, 0.5) is 0 Å². The maximum Gasteiger partial charge on any atom is 0.192 e. The molecule has 17 heavy (non-hydrogen) atoms. The molecule has 5 heteroatoms. The van der Waals surface area contributed by atoms with Crippen molar-refractivity contribution in [1.82, 2.24) is 0 Å². The van der Waals surface area contributed by atoms with E-state index in [0.717, 1.165) is 25.7 Å². The first-order valence-corrected chi connectivity index (χ1v) is 6.27. The standard InChI is InChI=1S/C12H22O5/c1-2-3-4-5-6-8(13)10(15)12-11(16)9(14)7-17-12/h8-9,11-14,16H,2-7H2,1H3/t8?,9-,11-,12+/m0/s1. The second-order valence-electron chi connectivity index (χ2n) is 4.58. The number of hydrogen-bond acceptors (Lipinski definition) is 5. The molecule has 1 fully saturated rings. The molecule has 100 valence electrons. The van der Waals surface area contributed by atoms with Crippen molar-refractivity contribution in [1.29, 1.82) is 0 Å². The van der Waals surface area contributed by atoms with Crippen molar-refractivity contribution in [3.8, 4) is 0 Å². The number of Topliss-reactive ketones (excluding diaryl/α,β-unsaturated/α-hetero) is 1. The van der Waals surface area contributed by atoms with Crippen LogP contribution in [-0.2, 0) is 9.53 Å². The Morgan fingerprint density at radius 3 is 2.59 bits per heavy atom. The first-order chi connectivity index (χ1) is 8.07. The molecular formula is C12H22O5. The number of ketones is 1. The van der Waals surface area contributed by atoms with Crippen LogP contribution in [0.1, 0.15) is 39.0 Å². The molecule has 5 nitrogen and oxygen atoms in total. The second-order valence-corrected chi connectivity index (χ2v) is 4.58. The Balaban J connectivity index is 2.31. The summed E-state index contributed by atoms with van der Waals surface area (Å²) in [4.78, 5) is 11.7. The van der Waals surface area contributed by atoms with Gasteiger partial charge in [0.25, 0.3) is 0 Å². The minimum Gasteiger partial charge on any atom is -0.388 e. The van der Waals surface area contributed by atoms with Crippen molar-refractivity contribution in [3.63, 3.8) is 0 Å². The van der Waals surface area contributed by atoms with Gasteiger partial charge in [-0.05, 0) is 6.42 Å². The summed E-state index contributed by atoms with van der Waals surface area (Å²) in [6.07, 6.45) is -0.0828. The van der Waals surface area contributed by atoms with Crippen LogP contribution in [0.5, 0.6) is 0 Å². The van der Waals surface area contributed by atoms with E-state index >= 15 is 0 Å². The molecule has 0 aliphatic carbocycles. The first kappa shape index (κ1) is 14.6. The highest BCUT2D eigenvalue weighted by atomic mass is 16.5. The minimum absolute atomic E-state index is 0.0554. The highest BCUT2D eigenvalue weighted by Crippen LogP contribution is 2.18. The Kier molecular flexibility index (Phi) is 6.05. The summed E-state index contributed by atoms with van der Waals surface area (Å²) >= 11 is 0. The van der Waals surface area contributed by atoms with Gasteiger partial charge < -0.3 is 20.1 Å². The van der Waals surface area contributed by atoms with Crippen molar-refractivity contribution in [3.05, 3.63) is 0 Å². The van der Waals surface area contributed by atoms with Crippen LogP contribution >= 0.6 is 0 Å². The molecule has 1 heterocycles. The van der Waals surface area contributed by atoms with E-state index in [2.05, 4.69) is 6.92 Å². The number of ether oxygens (including phenoxy) is 1. The van der Waals surface area contributed by atoms with Crippen molar-refractivity contribution in [2.45, 2.75) is 63.4 Å². The summed E-state index contributed by atoms with van der Waals surface area (Å²) < 4.78 is 4.98. The number of aliphatic hydroxyl groups excluding tert-OH is 3. The largest absolute Gasteiger partial charge is 0.388 e. The normalized spacial score (nSPS) is 30.5. The van der Waals surface area contributed by atoms with E-state index in [4.69, 9.17) is 4.74 Å². The van der Waals surface area contributed by atoms with E-state index in [-0.39, 0.29) is 6.61 Å². The van der Waals surface area contributed by atoms with Gasteiger partial charge in [0.15, 0.2) is 5.78 Å². The van der Waals surface area contributed by atoms with Crippen LogP contribution in [0.25, 0.3) is 0 Å². The molecule has 0 aromatic carbocycles. The van der Waals surface area contributed by atoms with E-state index < -0.39 is 30.2 Å². The topological polar surface area (TPSA) is 87.0 Å². The summed E-state index contributed by atoms with van der Waals surface area (Å²) in [5, 5.41) is 28.4. The Morgan fingerprint density at radius 1 is 1.35 bits per heavy atom. The lowest BCUT2D eigenvalue weighted by atomic mass is 9.99. The third kappa shape index (κ3) is 4.03. The fraction of sp³-hybridized carbons (Fsp3) is 0.917. The number of rotatable bonds is 7. The maximum atomic E-state index is 11.7. The van der Waals surface area contributed by atoms with Crippen LogP contribution in [0.3, 0.4) is 0 Å². The maximum absolute atomic E-state index is 11.7. The lowest BCUT2D eigenvalue weighted by Crippen LogP contribution is -2.41. The average Bonchev–Trinajstić information content (AvgIpc) is 2.64. The zero-order valence-corrected chi connectivity index (χ0v) is 10.2. The molecule has 1 unspecified atom stereocenters. The van der Waals surface area contributed by atoms with Gasteiger partial charge in [0.05, 0.1) is 6.61 Å². The first-order valence-electron chi connectivity index (χ1n) is 6.27. The van der Waals surface area contributed by atoms with Crippen LogP contribution in [-0.4, -0.2) is 52.1 Å². The fourth-order valence-electron chi connectivity index (χ4n) is 1.95. The van der Waals surface area contributed by atoms with E-state index in [0.29, 0.717) is 6.42 Å². The van der Waals surface area contributed by atoms with Crippen molar-refractivity contribution in [2.75, 3.05) is 6.61 Å². The molecule has 0 spiro atoms. The van der Waals surface area contributed by atoms with E-state index in [1.54, 1.807) is 0 Å². The molecule has 1 aliphatic heterocycles. The third-order valence-corrected chi connectivity index (χ3v) is 3.09. The zero-order chi connectivity index (χ0) is 12.8. The number of aliphatic hydroxyl groups is 3. The van der Waals surface area contributed by atoms with Crippen molar-refractivity contribution >= 4 is 5.78 Å². The molecule has 0 bridgehead atoms.